The number of hydrogen-bond donors (Lipinski definition) is 1. The van der Waals surface area contributed by atoms with Gasteiger partial charge in [0, 0.05) is 19.8 Å². The molecule has 0 fully saturated rings. The van der Waals surface area contributed by atoms with Crippen LogP contribution in [0.2, 0.25) is 0 Å². The normalized spacial score (nSPS) is 10.9. The number of hydrogen-bond acceptors (Lipinski definition) is 3. The fourth-order valence-electron chi connectivity index (χ4n) is 1.09. The minimum atomic E-state index is -0.428. The summed E-state index contributed by atoms with van der Waals surface area (Å²) in [5.74, 6) is 0.166. The highest BCUT2D eigenvalue weighted by atomic mass is 79.9. The van der Waals surface area contributed by atoms with E-state index in [9.17, 15) is 5.11 Å². The molecule has 1 N–H and O–H groups in total. The van der Waals surface area contributed by atoms with Crippen molar-refractivity contribution in [1.29, 1.82) is 0 Å². The largest absolute Gasteiger partial charge is 0.506 e. The van der Waals surface area contributed by atoms with Crippen LogP contribution in [-0.2, 0) is 9.47 Å². The Morgan fingerprint density at radius 1 is 1.14 bits per heavy atom. The Morgan fingerprint density at radius 2 is 1.57 bits per heavy atom. The van der Waals surface area contributed by atoms with Crippen LogP contribution < -0.4 is 0 Å². The lowest BCUT2D eigenvalue weighted by molar-refractivity contribution is -0.106. The maximum Gasteiger partial charge on any atom is 0.183 e. The average molecular weight is 326 g/mol. The molecule has 1 aromatic rings. The van der Waals surface area contributed by atoms with Gasteiger partial charge in [0.1, 0.15) is 5.75 Å². The van der Waals surface area contributed by atoms with E-state index >= 15 is 0 Å². The maximum absolute atomic E-state index is 9.48. The number of phenolic OH excluding ortho intramolecular Hbond substituents is 1. The summed E-state index contributed by atoms with van der Waals surface area (Å²) in [6, 6.07) is 3.50. The molecular formula is C9H10Br2O3. The van der Waals surface area contributed by atoms with Crippen LogP contribution in [0.5, 0.6) is 5.75 Å². The molecule has 0 bridgehead atoms. The topological polar surface area (TPSA) is 38.7 Å². The summed E-state index contributed by atoms with van der Waals surface area (Å²) in [6.45, 7) is 0. The Morgan fingerprint density at radius 3 is 1.93 bits per heavy atom. The van der Waals surface area contributed by atoms with Crippen LogP contribution in [0.4, 0.5) is 0 Å². The zero-order valence-electron chi connectivity index (χ0n) is 7.75. The molecule has 14 heavy (non-hydrogen) atoms. The molecule has 78 valence electrons. The van der Waals surface area contributed by atoms with Gasteiger partial charge in [-0.15, -0.1) is 0 Å². The zero-order valence-corrected chi connectivity index (χ0v) is 10.9. The van der Waals surface area contributed by atoms with Crippen LogP contribution in [0, 0.1) is 0 Å². The van der Waals surface area contributed by atoms with Gasteiger partial charge in [0.25, 0.3) is 0 Å². The van der Waals surface area contributed by atoms with Gasteiger partial charge in [-0.05, 0) is 44.0 Å². The summed E-state index contributed by atoms with van der Waals surface area (Å²) in [4.78, 5) is 0. The number of rotatable bonds is 3. The molecule has 0 saturated heterocycles. The van der Waals surface area contributed by atoms with Crippen molar-refractivity contribution in [2.24, 2.45) is 0 Å². The molecular weight excluding hydrogens is 316 g/mol. The Labute approximate surface area is 99.3 Å². The Balaban J connectivity index is 3.11. The summed E-state index contributed by atoms with van der Waals surface area (Å²) in [6.07, 6.45) is -0.428. The highest BCUT2D eigenvalue weighted by Gasteiger charge is 2.13. The minimum Gasteiger partial charge on any atom is -0.506 e. The first-order valence-corrected chi connectivity index (χ1v) is 5.42. The van der Waals surface area contributed by atoms with Crippen LogP contribution in [0.15, 0.2) is 21.1 Å². The average Bonchev–Trinajstić information content (AvgIpc) is 2.16. The highest BCUT2D eigenvalue weighted by molar-refractivity contribution is 9.11. The lowest BCUT2D eigenvalue weighted by Gasteiger charge is -2.14. The van der Waals surface area contributed by atoms with Gasteiger partial charge in [0.2, 0.25) is 0 Å². The molecule has 0 unspecified atom stereocenters. The molecule has 0 heterocycles. The molecule has 0 aliphatic heterocycles. The van der Waals surface area contributed by atoms with E-state index < -0.39 is 6.29 Å². The van der Waals surface area contributed by atoms with E-state index in [-0.39, 0.29) is 5.75 Å². The fraction of sp³-hybridized carbons (Fsp3) is 0.333. The summed E-state index contributed by atoms with van der Waals surface area (Å²) in [7, 11) is 3.12. The SMILES string of the molecule is COC(OC)c1cc(Br)c(O)c(Br)c1. The van der Waals surface area contributed by atoms with Crippen molar-refractivity contribution in [3.05, 3.63) is 26.6 Å². The van der Waals surface area contributed by atoms with E-state index in [1.165, 1.54) is 0 Å². The van der Waals surface area contributed by atoms with Gasteiger partial charge in [-0.3, -0.25) is 0 Å². The molecule has 0 spiro atoms. The molecule has 1 aromatic carbocycles. The smallest absolute Gasteiger partial charge is 0.183 e. The lowest BCUT2D eigenvalue weighted by Crippen LogP contribution is -2.03. The van der Waals surface area contributed by atoms with E-state index in [0.29, 0.717) is 8.95 Å². The van der Waals surface area contributed by atoms with Gasteiger partial charge in [0.05, 0.1) is 8.95 Å². The number of benzene rings is 1. The quantitative estimate of drug-likeness (QED) is 0.867. The number of phenols is 1. The van der Waals surface area contributed by atoms with Gasteiger partial charge in [0.15, 0.2) is 6.29 Å². The van der Waals surface area contributed by atoms with Crippen LogP contribution in [0.3, 0.4) is 0 Å². The summed E-state index contributed by atoms with van der Waals surface area (Å²) >= 11 is 6.46. The Hall–Kier alpha value is -0.100. The molecule has 0 amide bonds. The molecule has 0 radical (unpaired) electrons. The first-order valence-electron chi connectivity index (χ1n) is 3.83. The van der Waals surface area contributed by atoms with Gasteiger partial charge in [-0.1, -0.05) is 0 Å². The van der Waals surface area contributed by atoms with E-state index in [2.05, 4.69) is 31.9 Å². The van der Waals surface area contributed by atoms with Gasteiger partial charge in [-0.2, -0.15) is 0 Å². The van der Waals surface area contributed by atoms with Gasteiger partial charge >= 0.3 is 0 Å². The van der Waals surface area contributed by atoms with Crippen molar-refractivity contribution in [1.82, 2.24) is 0 Å². The third-order valence-electron chi connectivity index (χ3n) is 1.74. The van der Waals surface area contributed by atoms with Crippen molar-refractivity contribution < 1.29 is 14.6 Å². The number of ether oxygens (including phenoxy) is 2. The zero-order chi connectivity index (χ0) is 10.7. The second-order valence-electron chi connectivity index (χ2n) is 2.64. The van der Waals surface area contributed by atoms with Crippen LogP contribution >= 0.6 is 31.9 Å². The van der Waals surface area contributed by atoms with Crippen LogP contribution in [0.25, 0.3) is 0 Å². The molecule has 1 rings (SSSR count). The molecule has 0 aliphatic rings. The predicted octanol–water partition coefficient (Wildman–Crippen LogP) is 3.21. The standard InChI is InChI=1S/C9H10Br2O3/c1-13-9(14-2)5-3-6(10)8(12)7(11)4-5/h3-4,9,12H,1-2H3. The third-order valence-corrected chi connectivity index (χ3v) is 2.95. The Kier molecular flexibility index (Phi) is 4.37. The molecule has 0 saturated carbocycles. The highest BCUT2D eigenvalue weighted by Crippen LogP contribution is 2.35. The molecule has 0 aliphatic carbocycles. The van der Waals surface area contributed by atoms with Crippen molar-refractivity contribution >= 4 is 31.9 Å². The van der Waals surface area contributed by atoms with Gasteiger partial charge in [-0.25, -0.2) is 0 Å². The first-order chi connectivity index (χ1) is 6.60. The first kappa shape index (κ1) is 12.0. The maximum atomic E-state index is 9.48. The predicted molar refractivity (Wildman–Crippen MR) is 60.3 cm³/mol. The Bertz CT molecular complexity index is 301. The minimum absolute atomic E-state index is 0.166. The summed E-state index contributed by atoms with van der Waals surface area (Å²) < 4.78 is 11.4. The van der Waals surface area contributed by atoms with E-state index in [1.807, 2.05) is 0 Å². The van der Waals surface area contributed by atoms with Crippen LogP contribution in [-0.4, -0.2) is 19.3 Å². The number of methoxy groups -OCH3 is 2. The second kappa shape index (κ2) is 5.11. The van der Waals surface area contributed by atoms with E-state index in [0.717, 1.165) is 5.56 Å². The van der Waals surface area contributed by atoms with Crippen molar-refractivity contribution in [3.63, 3.8) is 0 Å². The number of aromatic hydroxyl groups is 1. The van der Waals surface area contributed by atoms with Crippen molar-refractivity contribution in [3.8, 4) is 5.75 Å². The molecule has 0 atom stereocenters. The lowest BCUT2D eigenvalue weighted by atomic mass is 10.2. The third kappa shape index (κ3) is 2.48. The monoisotopic (exact) mass is 324 g/mol. The van der Waals surface area contributed by atoms with Crippen molar-refractivity contribution in [2.75, 3.05) is 14.2 Å². The molecule has 0 aromatic heterocycles. The van der Waals surface area contributed by atoms with Crippen LogP contribution in [0.1, 0.15) is 11.9 Å². The van der Waals surface area contributed by atoms with E-state index in [4.69, 9.17) is 9.47 Å². The molecule has 3 nitrogen and oxygen atoms in total. The van der Waals surface area contributed by atoms with E-state index in [1.54, 1.807) is 26.4 Å². The number of halogens is 2. The fourth-order valence-corrected chi connectivity index (χ4v) is 2.31. The summed E-state index contributed by atoms with van der Waals surface area (Å²) in [5.41, 5.74) is 0.826. The molecule has 5 heteroatoms. The van der Waals surface area contributed by atoms with Gasteiger partial charge < -0.3 is 14.6 Å². The summed E-state index contributed by atoms with van der Waals surface area (Å²) in [5, 5.41) is 9.48. The van der Waals surface area contributed by atoms with Crippen molar-refractivity contribution in [2.45, 2.75) is 6.29 Å². The second-order valence-corrected chi connectivity index (χ2v) is 4.35.